The van der Waals surface area contributed by atoms with Gasteiger partial charge >= 0.3 is 0 Å². The van der Waals surface area contributed by atoms with E-state index in [2.05, 4.69) is 11.9 Å². The zero-order valence-electron chi connectivity index (χ0n) is 9.92. The molecule has 0 bridgehead atoms. The van der Waals surface area contributed by atoms with Crippen LogP contribution in [0.15, 0.2) is 36.9 Å². The van der Waals surface area contributed by atoms with E-state index in [0.29, 0.717) is 13.0 Å². The number of nitrogens with one attached hydrogen (secondary N) is 1. The molecule has 0 atom stereocenters. The number of halogens is 1. The Hall–Kier alpha value is -1.64. The molecule has 0 unspecified atom stereocenters. The number of carbonyl (C=O) groups is 1. The van der Waals surface area contributed by atoms with Crippen LogP contribution in [0.2, 0.25) is 0 Å². The number of benzene rings is 1. The Bertz CT molecular complexity index is 359. The fourth-order valence-electron chi connectivity index (χ4n) is 1.54. The molecule has 0 saturated carbocycles. The van der Waals surface area contributed by atoms with Crippen LogP contribution in [-0.4, -0.2) is 12.5 Å². The molecule has 0 aliphatic heterocycles. The largest absolute Gasteiger partial charge is 0.353 e. The van der Waals surface area contributed by atoms with Crippen molar-refractivity contribution in [3.8, 4) is 0 Å². The van der Waals surface area contributed by atoms with Crippen LogP contribution in [-0.2, 0) is 11.2 Å². The summed E-state index contributed by atoms with van der Waals surface area (Å²) in [5.41, 5.74) is 1.11. The van der Waals surface area contributed by atoms with Gasteiger partial charge in [-0.1, -0.05) is 18.2 Å². The molecule has 0 aliphatic carbocycles. The Morgan fingerprint density at radius 2 is 2.00 bits per heavy atom. The lowest BCUT2D eigenvalue weighted by molar-refractivity contribution is -0.120. The third-order valence-electron chi connectivity index (χ3n) is 2.48. The summed E-state index contributed by atoms with van der Waals surface area (Å²) in [5.74, 6) is -0.151. The van der Waals surface area contributed by atoms with E-state index in [0.717, 1.165) is 24.8 Å². The maximum absolute atomic E-state index is 12.6. The maximum atomic E-state index is 12.6. The predicted octanol–water partition coefficient (Wildman–Crippen LogP) is 2.84. The minimum atomic E-state index is -0.211. The van der Waals surface area contributed by atoms with E-state index in [1.165, 1.54) is 12.1 Å². The highest BCUT2D eigenvalue weighted by Gasteiger charge is 1.99. The molecule has 1 aromatic carbocycles. The second-order valence-electron chi connectivity index (χ2n) is 3.93. The van der Waals surface area contributed by atoms with Gasteiger partial charge in [-0.15, -0.1) is 6.58 Å². The van der Waals surface area contributed by atoms with Crippen molar-refractivity contribution < 1.29 is 9.18 Å². The lowest BCUT2D eigenvalue weighted by Crippen LogP contribution is -2.22. The van der Waals surface area contributed by atoms with Crippen molar-refractivity contribution >= 4 is 5.91 Å². The SMILES string of the molecule is C=CCNC(=O)CCCCc1ccc(F)cc1. The zero-order chi connectivity index (χ0) is 12.5. The van der Waals surface area contributed by atoms with Gasteiger partial charge < -0.3 is 5.32 Å². The second-order valence-corrected chi connectivity index (χ2v) is 3.93. The summed E-state index contributed by atoms with van der Waals surface area (Å²) in [4.78, 5) is 11.2. The number of aryl methyl sites for hydroxylation is 1. The van der Waals surface area contributed by atoms with Gasteiger partial charge in [0.25, 0.3) is 0 Å². The number of rotatable bonds is 7. The quantitative estimate of drug-likeness (QED) is 0.571. The number of hydrogen-bond acceptors (Lipinski definition) is 1. The van der Waals surface area contributed by atoms with Crippen LogP contribution in [0.25, 0.3) is 0 Å². The molecule has 0 aliphatic rings. The Morgan fingerprint density at radius 3 is 2.65 bits per heavy atom. The van der Waals surface area contributed by atoms with Gasteiger partial charge in [0.05, 0.1) is 0 Å². The summed E-state index contributed by atoms with van der Waals surface area (Å²) in [7, 11) is 0. The highest BCUT2D eigenvalue weighted by Crippen LogP contribution is 2.07. The third-order valence-corrected chi connectivity index (χ3v) is 2.48. The molecule has 1 rings (SSSR count). The average Bonchev–Trinajstić information content (AvgIpc) is 2.34. The van der Waals surface area contributed by atoms with Gasteiger partial charge in [-0.3, -0.25) is 4.79 Å². The van der Waals surface area contributed by atoms with E-state index in [1.807, 2.05) is 0 Å². The molecule has 2 nitrogen and oxygen atoms in total. The first-order valence-electron chi connectivity index (χ1n) is 5.84. The van der Waals surface area contributed by atoms with Gasteiger partial charge in [-0.05, 0) is 37.0 Å². The van der Waals surface area contributed by atoms with Crippen molar-refractivity contribution in [1.82, 2.24) is 5.32 Å². The number of amides is 1. The molecular formula is C14H18FNO. The molecule has 3 heteroatoms. The molecule has 0 saturated heterocycles. The maximum Gasteiger partial charge on any atom is 0.220 e. The monoisotopic (exact) mass is 235 g/mol. The first-order valence-corrected chi connectivity index (χ1v) is 5.84. The number of hydrogen-bond donors (Lipinski definition) is 1. The van der Waals surface area contributed by atoms with Gasteiger partial charge in [-0.2, -0.15) is 0 Å². The summed E-state index contributed by atoms with van der Waals surface area (Å²) in [5, 5.41) is 2.73. The Morgan fingerprint density at radius 1 is 1.29 bits per heavy atom. The molecule has 0 spiro atoms. The fourth-order valence-corrected chi connectivity index (χ4v) is 1.54. The van der Waals surface area contributed by atoms with Crippen molar-refractivity contribution in [2.75, 3.05) is 6.54 Å². The summed E-state index contributed by atoms with van der Waals surface area (Å²) in [6.07, 6.45) is 4.87. The van der Waals surface area contributed by atoms with E-state index in [-0.39, 0.29) is 11.7 Å². The van der Waals surface area contributed by atoms with Gasteiger partial charge in [-0.25, -0.2) is 4.39 Å². The molecule has 0 aromatic heterocycles. The standard InChI is InChI=1S/C14H18FNO/c1-2-11-16-14(17)6-4-3-5-12-7-9-13(15)10-8-12/h2,7-10H,1,3-6,11H2,(H,16,17). The van der Waals surface area contributed by atoms with Crippen molar-refractivity contribution in [2.45, 2.75) is 25.7 Å². The summed E-state index contributed by atoms with van der Waals surface area (Å²) >= 11 is 0. The van der Waals surface area contributed by atoms with E-state index < -0.39 is 0 Å². The predicted molar refractivity (Wildman–Crippen MR) is 67.2 cm³/mol. The van der Waals surface area contributed by atoms with Gasteiger partial charge in [0.2, 0.25) is 5.91 Å². The normalized spacial score (nSPS) is 9.94. The highest BCUT2D eigenvalue weighted by atomic mass is 19.1. The first kappa shape index (κ1) is 13.4. The van der Waals surface area contributed by atoms with Gasteiger partial charge in [0.15, 0.2) is 0 Å². The zero-order valence-corrected chi connectivity index (χ0v) is 9.92. The van der Waals surface area contributed by atoms with Crippen LogP contribution in [0.3, 0.4) is 0 Å². The van der Waals surface area contributed by atoms with E-state index in [1.54, 1.807) is 18.2 Å². The van der Waals surface area contributed by atoms with E-state index in [4.69, 9.17) is 0 Å². The van der Waals surface area contributed by atoms with Crippen molar-refractivity contribution in [3.05, 3.63) is 48.3 Å². The molecule has 0 fully saturated rings. The van der Waals surface area contributed by atoms with Crippen LogP contribution < -0.4 is 5.32 Å². The minimum absolute atomic E-state index is 0.0593. The summed E-state index contributed by atoms with van der Waals surface area (Å²) < 4.78 is 12.6. The van der Waals surface area contributed by atoms with Crippen LogP contribution in [0.5, 0.6) is 0 Å². The minimum Gasteiger partial charge on any atom is -0.353 e. The van der Waals surface area contributed by atoms with Crippen molar-refractivity contribution in [1.29, 1.82) is 0 Å². The smallest absolute Gasteiger partial charge is 0.220 e. The highest BCUT2D eigenvalue weighted by molar-refractivity contribution is 5.75. The summed E-state index contributed by atoms with van der Waals surface area (Å²) in [6.45, 7) is 4.06. The second kappa shape index (κ2) is 7.60. The third kappa shape index (κ3) is 5.85. The number of carbonyl (C=O) groups excluding carboxylic acids is 1. The number of unbranched alkanes of at least 4 members (excludes halogenated alkanes) is 1. The van der Waals surface area contributed by atoms with Gasteiger partial charge in [0.1, 0.15) is 5.82 Å². The molecule has 0 heterocycles. The average molecular weight is 235 g/mol. The van der Waals surface area contributed by atoms with Crippen molar-refractivity contribution in [3.63, 3.8) is 0 Å². The van der Waals surface area contributed by atoms with E-state index in [9.17, 15) is 9.18 Å². The van der Waals surface area contributed by atoms with Crippen molar-refractivity contribution in [2.24, 2.45) is 0 Å². The topological polar surface area (TPSA) is 29.1 Å². The molecule has 0 radical (unpaired) electrons. The Labute approximate surface area is 102 Å². The van der Waals surface area contributed by atoms with Crippen LogP contribution >= 0.6 is 0 Å². The Kier molecular flexibility index (Phi) is 6.00. The molecular weight excluding hydrogens is 217 g/mol. The fraction of sp³-hybridized carbons (Fsp3) is 0.357. The molecule has 1 N–H and O–H groups in total. The lowest BCUT2D eigenvalue weighted by Gasteiger charge is -2.03. The summed E-state index contributed by atoms with van der Waals surface area (Å²) in [6, 6.07) is 6.50. The molecule has 1 aromatic rings. The van der Waals surface area contributed by atoms with Gasteiger partial charge in [0, 0.05) is 13.0 Å². The van der Waals surface area contributed by atoms with Crippen LogP contribution in [0.1, 0.15) is 24.8 Å². The van der Waals surface area contributed by atoms with Crippen LogP contribution in [0, 0.1) is 5.82 Å². The molecule has 1 amide bonds. The lowest BCUT2D eigenvalue weighted by atomic mass is 10.1. The molecule has 17 heavy (non-hydrogen) atoms. The van der Waals surface area contributed by atoms with Crippen LogP contribution in [0.4, 0.5) is 4.39 Å². The Balaban J connectivity index is 2.13. The first-order chi connectivity index (χ1) is 8.22. The molecule has 92 valence electrons. The van der Waals surface area contributed by atoms with E-state index >= 15 is 0 Å².